The molecule has 1 aliphatic rings. The molecule has 5 aromatic rings. The number of amides is 1. The lowest BCUT2D eigenvalue weighted by molar-refractivity contribution is -0.384. The van der Waals surface area contributed by atoms with Crippen LogP contribution in [0.5, 0.6) is 11.5 Å². The number of hydrogen-bond acceptors (Lipinski definition) is 17. The first-order valence-electron chi connectivity index (χ1n) is 15.2. The number of phenols is 2. The highest BCUT2D eigenvalue weighted by molar-refractivity contribution is 7.86. The van der Waals surface area contributed by atoms with Crippen LogP contribution in [-0.2, 0) is 29.8 Å². The third-order valence-corrected chi connectivity index (χ3v) is 9.43. The van der Waals surface area contributed by atoms with Gasteiger partial charge in [0.2, 0.25) is 6.04 Å². The number of rotatable bonds is 11. The minimum atomic E-state index is -5.08. The molecule has 1 aliphatic heterocycles. The van der Waals surface area contributed by atoms with E-state index in [-0.39, 0.29) is 28.1 Å². The number of aliphatic carboxylic acids is 1. The zero-order valence-corrected chi connectivity index (χ0v) is 29.2. The van der Waals surface area contributed by atoms with Gasteiger partial charge in [-0.2, -0.15) is 42.3 Å². The normalized spacial score (nSPS) is 15.0. The summed E-state index contributed by atoms with van der Waals surface area (Å²) in [5, 5.41) is 69.3. The number of carboxylic acid groups (broad SMARTS) is 1. The number of nitro groups is 1. The zero-order chi connectivity index (χ0) is 40.5. The molecule has 284 valence electrons. The molecule has 1 amide bonds. The molecule has 0 spiro atoms. The first-order valence-corrected chi connectivity index (χ1v) is 18.1. The van der Waals surface area contributed by atoms with E-state index in [0.717, 1.165) is 53.5 Å². The summed E-state index contributed by atoms with van der Waals surface area (Å²) in [5.41, 5.74) is -2.80. The Morgan fingerprint density at radius 2 is 1.38 bits per heavy atom. The quantitative estimate of drug-likeness (QED) is 0.0417. The van der Waals surface area contributed by atoms with E-state index in [1.807, 2.05) is 0 Å². The first kappa shape index (κ1) is 38.3. The lowest BCUT2D eigenvalue weighted by Crippen LogP contribution is -2.32. The van der Waals surface area contributed by atoms with Crippen LogP contribution in [0.25, 0.3) is 10.8 Å². The molecule has 0 bridgehead atoms. The number of nitro benzene ring substituents is 1. The molecule has 5 aromatic carbocycles. The fourth-order valence-corrected chi connectivity index (χ4v) is 6.38. The van der Waals surface area contributed by atoms with Crippen molar-refractivity contribution in [3.05, 3.63) is 101 Å². The maximum Gasteiger partial charge on any atom is 0.355 e. The molecule has 24 heteroatoms. The number of anilines is 1. The molecule has 56 heavy (non-hydrogen) atoms. The molecule has 0 saturated carbocycles. The third-order valence-electron chi connectivity index (χ3n) is 7.68. The number of phenolic OH excluding ortho intramolecular Hbond substituents is 2. The smallest absolute Gasteiger partial charge is 0.355 e. The molecule has 0 saturated heterocycles. The van der Waals surface area contributed by atoms with E-state index in [1.54, 1.807) is 18.2 Å². The number of carbonyl (C=O) groups is 2. The summed E-state index contributed by atoms with van der Waals surface area (Å²) in [4.78, 5) is 33.3. The van der Waals surface area contributed by atoms with Gasteiger partial charge in [0.05, 0.1) is 27.4 Å². The zero-order valence-electron chi connectivity index (χ0n) is 27.6. The lowest BCUT2D eigenvalue weighted by atomic mass is 10.1. The molecule has 0 fully saturated rings. The first-order chi connectivity index (χ1) is 26.4. The Morgan fingerprint density at radius 1 is 0.750 bits per heavy atom. The third kappa shape index (κ3) is 7.78. The number of carbonyl (C=O) groups excluding carboxylic acids is 1. The van der Waals surface area contributed by atoms with Crippen molar-refractivity contribution in [1.29, 1.82) is 0 Å². The number of hydrazone groups is 1. The van der Waals surface area contributed by atoms with Crippen molar-refractivity contribution in [2.45, 2.75) is 15.8 Å². The van der Waals surface area contributed by atoms with E-state index in [2.05, 4.69) is 35.8 Å². The van der Waals surface area contributed by atoms with Gasteiger partial charge in [-0.1, -0.05) is 24.3 Å². The van der Waals surface area contributed by atoms with E-state index in [0.29, 0.717) is 0 Å². The highest BCUT2D eigenvalue weighted by Gasteiger charge is 2.41. The lowest BCUT2D eigenvalue weighted by Gasteiger charge is -2.11. The number of nitrogens with zero attached hydrogens (tertiary/aromatic N) is 9. The van der Waals surface area contributed by atoms with E-state index in [1.165, 1.54) is 24.3 Å². The van der Waals surface area contributed by atoms with Crippen molar-refractivity contribution in [2.75, 3.05) is 5.01 Å². The topological polar surface area (TPSA) is 336 Å². The van der Waals surface area contributed by atoms with Crippen LogP contribution in [0.3, 0.4) is 0 Å². The van der Waals surface area contributed by atoms with Gasteiger partial charge in [0.15, 0.2) is 17.2 Å². The number of benzene rings is 5. The van der Waals surface area contributed by atoms with Gasteiger partial charge in [0.25, 0.3) is 31.8 Å². The molecule has 5 N–H and O–H groups in total. The van der Waals surface area contributed by atoms with Crippen LogP contribution in [0.4, 0.5) is 39.8 Å². The number of para-hydroxylation sites is 1. The van der Waals surface area contributed by atoms with Gasteiger partial charge in [-0.25, -0.2) is 4.79 Å². The summed E-state index contributed by atoms with van der Waals surface area (Å²) < 4.78 is 68.9. The van der Waals surface area contributed by atoms with E-state index >= 15 is 0 Å². The fourth-order valence-electron chi connectivity index (χ4n) is 5.08. The van der Waals surface area contributed by atoms with Gasteiger partial charge < -0.3 is 15.3 Å². The molecule has 1 atom stereocenters. The Labute approximate surface area is 312 Å². The van der Waals surface area contributed by atoms with Crippen LogP contribution in [0.2, 0.25) is 0 Å². The number of hydrogen-bond donors (Lipinski definition) is 5. The summed E-state index contributed by atoms with van der Waals surface area (Å²) >= 11 is 0. The van der Waals surface area contributed by atoms with Crippen molar-refractivity contribution >= 4 is 88.4 Å². The SMILES string of the molecule is O=C(O)C1=NN(c2ccccc2)C(=O)C1/N=N/c1ccc(/N=N/c2ccc3cc(S(=O)(=O)O)c(/N=N/c4ccc([N+](=O)[O-])cc4)c(O)c3c2O)c(S(=O)(=O)O)c1. The predicted octanol–water partition coefficient (Wildman–Crippen LogP) is 6.42. The van der Waals surface area contributed by atoms with Gasteiger partial charge in [-0.3, -0.25) is 24.0 Å². The van der Waals surface area contributed by atoms with Crippen molar-refractivity contribution in [3.8, 4) is 11.5 Å². The Kier molecular flexibility index (Phi) is 10.1. The maximum absolute atomic E-state index is 13.0. The molecule has 0 radical (unpaired) electrons. The van der Waals surface area contributed by atoms with E-state index in [4.69, 9.17) is 0 Å². The summed E-state index contributed by atoms with van der Waals surface area (Å²) in [7, 11) is -10.1. The average Bonchev–Trinajstić information content (AvgIpc) is 3.48. The molecule has 1 heterocycles. The van der Waals surface area contributed by atoms with Crippen LogP contribution in [0, 0.1) is 10.1 Å². The fraction of sp³-hybridized carbons (Fsp3) is 0.0312. The molecule has 0 aliphatic carbocycles. The number of azo groups is 3. The molecular weight excluding hydrogens is 783 g/mol. The maximum atomic E-state index is 13.0. The highest BCUT2D eigenvalue weighted by atomic mass is 32.2. The number of fused-ring (bicyclic) bond motifs is 1. The second kappa shape index (κ2) is 14.8. The Hall–Kier alpha value is -7.41. The van der Waals surface area contributed by atoms with E-state index < -0.39 is 92.5 Å². The van der Waals surface area contributed by atoms with Crippen molar-refractivity contribution < 1.29 is 55.8 Å². The van der Waals surface area contributed by atoms with Gasteiger partial charge in [-0.15, -0.1) is 15.3 Å². The van der Waals surface area contributed by atoms with Crippen LogP contribution in [0.15, 0.2) is 137 Å². The highest BCUT2D eigenvalue weighted by Crippen LogP contribution is 2.48. The van der Waals surface area contributed by atoms with Gasteiger partial charge in [-0.05, 0) is 60.0 Å². The summed E-state index contributed by atoms with van der Waals surface area (Å²) in [5.74, 6) is -4.28. The molecule has 0 aromatic heterocycles. The molecular formula is C32H21N9O13S2. The van der Waals surface area contributed by atoms with Crippen LogP contribution in [-0.4, -0.2) is 69.8 Å². The number of aromatic hydroxyl groups is 2. The van der Waals surface area contributed by atoms with Crippen molar-refractivity contribution in [1.82, 2.24) is 0 Å². The standard InChI is InChI=1S/C32H21N9O13S2/c42-29-22(12-6-16-14-24(56(52,53)54)26(30(43)25(16)29)37-33-17-7-10-20(11-8-17)41(47)48)36-35-21-13-9-18(15-23(21)55(49,50)51)34-38-27-28(32(45)46)39-40(31(27)44)19-4-2-1-3-5-19/h1-15,27,42-43H,(H,45,46)(H,49,50,51)(H,52,53,54)/b36-35+,37-33+,38-34+. The van der Waals surface area contributed by atoms with E-state index in [9.17, 15) is 61.0 Å². The summed E-state index contributed by atoms with van der Waals surface area (Å²) in [6.45, 7) is 0. The Morgan fingerprint density at radius 3 is 2.00 bits per heavy atom. The van der Waals surface area contributed by atoms with Crippen molar-refractivity contribution in [3.63, 3.8) is 0 Å². The predicted molar refractivity (Wildman–Crippen MR) is 192 cm³/mol. The number of carboxylic acids is 1. The summed E-state index contributed by atoms with van der Waals surface area (Å²) in [6.07, 6.45) is 0. The minimum Gasteiger partial charge on any atom is -0.505 e. The van der Waals surface area contributed by atoms with Crippen LogP contribution in [0.1, 0.15) is 0 Å². The van der Waals surface area contributed by atoms with Crippen LogP contribution >= 0.6 is 0 Å². The Bertz CT molecular complexity index is 2810. The summed E-state index contributed by atoms with van der Waals surface area (Å²) in [6, 6.07) is 16.6. The van der Waals surface area contributed by atoms with Gasteiger partial charge >= 0.3 is 5.97 Å². The van der Waals surface area contributed by atoms with Gasteiger partial charge in [0.1, 0.15) is 26.9 Å². The monoisotopic (exact) mass is 803 g/mol. The Balaban J connectivity index is 1.34. The molecule has 1 unspecified atom stereocenters. The van der Waals surface area contributed by atoms with Crippen LogP contribution < -0.4 is 5.01 Å². The largest absolute Gasteiger partial charge is 0.505 e. The number of non-ortho nitro benzene ring substituents is 1. The van der Waals surface area contributed by atoms with Crippen molar-refractivity contribution in [2.24, 2.45) is 35.8 Å². The average molecular weight is 804 g/mol. The minimum absolute atomic E-state index is 0.0223. The second-order valence-corrected chi connectivity index (χ2v) is 14.1. The van der Waals surface area contributed by atoms with Gasteiger partial charge in [0, 0.05) is 12.1 Å². The molecule has 6 rings (SSSR count). The molecule has 22 nitrogen and oxygen atoms in total. The second-order valence-electron chi connectivity index (χ2n) is 11.3.